The van der Waals surface area contributed by atoms with Gasteiger partial charge in [0, 0.05) is 6.54 Å². The molecule has 0 bridgehead atoms. The molecule has 0 aromatic heterocycles. The zero-order valence-electron chi connectivity index (χ0n) is 17.2. The van der Waals surface area contributed by atoms with E-state index in [1.807, 2.05) is 0 Å². The summed E-state index contributed by atoms with van der Waals surface area (Å²) in [7, 11) is 0. The quantitative estimate of drug-likeness (QED) is 0.160. The Morgan fingerprint density at radius 1 is 0.800 bits per heavy atom. The summed E-state index contributed by atoms with van der Waals surface area (Å²) in [5.74, 6) is 0.882. The van der Waals surface area contributed by atoms with Crippen LogP contribution >= 0.6 is 0 Å². The molecule has 148 valence electrons. The Kier molecular flexibility index (Phi) is 15.5. The maximum atomic E-state index is 5.18. The van der Waals surface area contributed by atoms with Crippen molar-refractivity contribution in [2.24, 2.45) is 5.92 Å². The number of ether oxygens (including phenoxy) is 1. The standard InChI is InChI=1S/C23H45NO/c1-22(2)18-16-14-12-10-8-6-4-3-5-7-9-11-13-15-17-19-24-20-23-21-25-23/h3-4,22-24H,5-21H2,1-2H3/b4-3-. The highest BCUT2D eigenvalue weighted by Gasteiger charge is 2.20. The molecular weight excluding hydrogens is 306 g/mol. The molecule has 1 N–H and O–H groups in total. The van der Waals surface area contributed by atoms with Crippen LogP contribution < -0.4 is 5.32 Å². The molecule has 1 rings (SSSR count). The molecular formula is C23H45NO. The number of rotatable bonds is 19. The van der Waals surface area contributed by atoms with E-state index in [1.165, 1.54) is 96.4 Å². The zero-order valence-corrected chi connectivity index (χ0v) is 17.2. The van der Waals surface area contributed by atoms with Crippen LogP contribution in [0.15, 0.2) is 12.2 Å². The van der Waals surface area contributed by atoms with Gasteiger partial charge in [-0.15, -0.1) is 0 Å². The fourth-order valence-corrected chi connectivity index (χ4v) is 3.25. The van der Waals surface area contributed by atoms with Crippen molar-refractivity contribution in [1.29, 1.82) is 0 Å². The summed E-state index contributed by atoms with van der Waals surface area (Å²) in [6, 6.07) is 0. The Labute approximate surface area is 158 Å². The number of nitrogens with one attached hydrogen (secondary N) is 1. The molecule has 1 heterocycles. The van der Waals surface area contributed by atoms with Gasteiger partial charge < -0.3 is 10.1 Å². The average molecular weight is 352 g/mol. The number of epoxide rings is 1. The fourth-order valence-electron chi connectivity index (χ4n) is 3.25. The topological polar surface area (TPSA) is 24.6 Å². The third kappa shape index (κ3) is 18.3. The fraction of sp³-hybridized carbons (Fsp3) is 0.913. The maximum Gasteiger partial charge on any atom is 0.0933 e. The summed E-state index contributed by atoms with van der Waals surface area (Å²) in [5, 5.41) is 3.47. The number of hydrogen-bond acceptors (Lipinski definition) is 2. The van der Waals surface area contributed by atoms with Gasteiger partial charge in [-0.05, 0) is 44.6 Å². The largest absolute Gasteiger partial charge is 0.372 e. The predicted octanol–water partition coefficient (Wildman–Crippen LogP) is 6.65. The Bertz CT molecular complexity index is 296. The minimum Gasteiger partial charge on any atom is -0.372 e. The highest BCUT2D eigenvalue weighted by Crippen LogP contribution is 2.12. The van der Waals surface area contributed by atoms with Crippen molar-refractivity contribution in [2.75, 3.05) is 19.7 Å². The Balaban J connectivity index is 1.65. The smallest absolute Gasteiger partial charge is 0.0933 e. The van der Waals surface area contributed by atoms with E-state index in [1.54, 1.807) is 0 Å². The van der Waals surface area contributed by atoms with Crippen LogP contribution in [0.5, 0.6) is 0 Å². The summed E-state index contributed by atoms with van der Waals surface area (Å²) >= 11 is 0. The Morgan fingerprint density at radius 2 is 1.32 bits per heavy atom. The third-order valence-corrected chi connectivity index (χ3v) is 5.07. The van der Waals surface area contributed by atoms with Crippen molar-refractivity contribution in [3.8, 4) is 0 Å². The summed E-state index contributed by atoms with van der Waals surface area (Å²) in [4.78, 5) is 0. The molecule has 1 aliphatic rings. The minimum atomic E-state index is 0.530. The molecule has 0 radical (unpaired) electrons. The summed E-state index contributed by atoms with van der Waals surface area (Å²) in [5.41, 5.74) is 0. The summed E-state index contributed by atoms with van der Waals surface area (Å²) < 4.78 is 5.18. The van der Waals surface area contributed by atoms with Crippen molar-refractivity contribution >= 4 is 0 Å². The lowest BCUT2D eigenvalue weighted by molar-refractivity contribution is 0.395. The van der Waals surface area contributed by atoms with E-state index in [0.717, 1.165) is 19.1 Å². The van der Waals surface area contributed by atoms with Crippen LogP contribution in [0.3, 0.4) is 0 Å². The van der Waals surface area contributed by atoms with E-state index >= 15 is 0 Å². The lowest BCUT2D eigenvalue weighted by Gasteiger charge is -2.03. The van der Waals surface area contributed by atoms with Crippen LogP contribution in [0.4, 0.5) is 0 Å². The molecule has 25 heavy (non-hydrogen) atoms. The van der Waals surface area contributed by atoms with Crippen molar-refractivity contribution in [2.45, 2.75) is 110 Å². The van der Waals surface area contributed by atoms with Crippen molar-refractivity contribution in [3.05, 3.63) is 12.2 Å². The minimum absolute atomic E-state index is 0.530. The molecule has 0 aromatic rings. The second-order valence-corrected chi connectivity index (χ2v) is 8.28. The van der Waals surface area contributed by atoms with E-state index in [2.05, 4.69) is 31.3 Å². The molecule has 1 saturated heterocycles. The summed E-state index contributed by atoms with van der Waals surface area (Å²) in [6.07, 6.45) is 24.8. The van der Waals surface area contributed by atoms with Gasteiger partial charge in [0.15, 0.2) is 0 Å². The first-order valence-corrected chi connectivity index (χ1v) is 11.3. The van der Waals surface area contributed by atoms with E-state index in [-0.39, 0.29) is 0 Å². The van der Waals surface area contributed by atoms with Gasteiger partial charge in [-0.25, -0.2) is 0 Å². The van der Waals surface area contributed by atoms with Crippen molar-refractivity contribution in [1.82, 2.24) is 5.32 Å². The molecule has 0 aromatic carbocycles. The molecule has 2 heteroatoms. The molecule has 0 aliphatic carbocycles. The zero-order chi connectivity index (χ0) is 18.0. The molecule has 1 aliphatic heterocycles. The second-order valence-electron chi connectivity index (χ2n) is 8.28. The summed E-state index contributed by atoms with van der Waals surface area (Å²) in [6.45, 7) is 7.86. The number of hydrogen-bond donors (Lipinski definition) is 1. The Hall–Kier alpha value is -0.340. The van der Waals surface area contributed by atoms with Gasteiger partial charge in [-0.2, -0.15) is 0 Å². The molecule has 0 amide bonds. The first kappa shape index (κ1) is 22.7. The van der Waals surface area contributed by atoms with Gasteiger partial charge in [0.25, 0.3) is 0 Å². The molecule has 2 nitrogen and oxygen atoms in total. The molecule has 0 spiro atoms. The van der Waals surface area contributed by atoms with Crippen LogP contribution in [-0.2, 0) is 4.74 Å². The van der Waals surface area contributed by atoms with E-state index in [0.29, 0.717) is 6.10 Å². The normalized spacial score (nSPS) is 17.0. The lowest BCUT2D eigenvalue weighted by Crippen LogP contribution is -2.20. The SMILES string of the molecule is CC(C)CCCCCCC/C=C\CCCCCCCCNCC1CO1. The average Bonchev–Trinajstić information content (AvgIpc) is 3.41. The third-order valence-electron chi connectivity index (χ3n) is 5.07. The van der Waals surface area contributed by atoms with Gasteiger partial charge in [-0.1, -0.05) is 83.8 Å². The maximum absolute atomic E-state index is 5.18. The van der Waals surface area contributed by atoms with Gasteiger partial charge in [0.1, 0.15) is 0 Å². The molecule has 1 unspecified atom stereocenters. The van der Waals surface area contributed by atoms with E-state index < -0.39 is 0 Å². The van der Waals surface area contributed by atoms with Crippen molar-refractivity contribution in [3.63, 3.8) is 0 Å². The molecule has 1 atom stereocenters. The van der Waals surface area contributed by atoms with Crippen LogP contribution in [0.25, 0.3) is 0 Å². The monoisotopic (exact) mass is 351 g/mol. The van der Waals surface area contributed by atoms with Crippen LogP contribution in [0.1, 0.15) is 104 Å². The van der Waals surface area contributed by atoms with E-state index in [9.17, 15) is 0 Å². The number of allylic oxidation sites excluding steroid dienone is 2. The highest BCUT2D eigenvalue weighted by atomic mass is 16.6. The van der Waals surface area contributed by atoms with Crippen LogP contribution in [0, 0.1) is 5.92 Å². The predicted molar refractivity (Wildman–Crippen MR) is 111 cm³/mol. The molecule has 0 saturated carbocycles. The van der Waals surface area contributed by atoms with Crippen LogP contribution in [0.2, 0.25) is 0 Å². The van der Waals surface area contributed by atoms with E-state index in [4.69, 9.17) is 4.74 Å². The van der Waals surface area contributed by atoms with Crippen LogP contribution in [-0.4, -0.2) is 25.8 Å². The highest BCUT2D eigenvalue weighted by molar-refractivity contribution is 4.81. The van der Waals surface area contributed by atoms with Gasteiger partial charge in [0.05, 0.1) is 12.7 Å². The lowest BCUT2D eigenvalue weighted by atomic mass is 10.0. The first-order valence-electron chi connectivity index (χ1n) is 11.3. The van der Waals surface area contributed by atoms with Gasteiger partial charge >= 0.3 is 0 Å². The van der Waals surface area contributed by atoms with Gasteiger partial charge in [0.2, 0.25) is 0 Å². The Morgan fingerprint density at radius 3 is 1.88 bits per heavy atom. The van der Waals surface area contributed by atoms with Gasteiger partial charge in [-0.3, -0.25) is 0 Å². The number of unbranched alkanes of at least 4 members (excludes halogenated alkanes) is 11. The first-order chi connectivity index (χ1) is 12.3. The second kappa shape index (κ2) is 17.1. The molecule has 1 fully saturated rings. The van der Waals surface area contributed by atoms with Crippen molar-refractivity contribution < 1.29 is 4.74 Å².